The summed E-state index contributed by atoms with van der Waals surface area (Å²) in [5.74, 6) is 0.466. The fraction of sp³-hybridized carbons (Fsp3) is 0.0870. The third-order valence-corrected chi connectivity index (χ3v) is 5.62. The van der Waals surface area contributed by atoms with Crippen molar-refractivity contribution in [3.8, 4) is 17.1 Å². The standard InChI is InChI=1S/C23H17Cl2N5O4/c1-34-17-9-6-14(7-10-17)21-27-23(26-13-16-4-2-3-5-18(16)24)29(28-21)22(31)15-8-11-19(25)20(12-15)30(32)33/h2-12H,13H2,1H3,(H,26,27,28). The Kier molecular flexibility index (Phi) is 6.76. The van der Waals surface area contributed by atoms with Crippen LogP contribution in [-0.2, 0) is 6.54 Å². The average Bonchev–Trinajstić information content (AvgIpc) is 3.27. The highest BCUT2D eigenvalue weighted by molar-refractivity contribution is 6.32. The number of ether oxygens (including phenoxy) is 1. The van der Waals surface area contributed by atoms with Crippen molar-refractivity contribution in [2.45, 2.75) is 6.54 Å². The third-order valence-electron chi connectivity index (χ3n) is 4.93. The summed E-state index contributed by atoms with van der Waals surface area (Å²) in [5, 5.41) is 19.2. The van der Waals surface area contributed by atoms with Gasteiger partial charge < -0.3 is 10.1 Å². The molecule has 1 aromatic heterocycles. The molecule has 34 heavy (non-hydrogen) atoms. The van der Waals surface area contributed by atoms with Gasteiger partial charge in [0.15, 0.2) is 5.82 Å². The third kappa shape index (κ3) is 4.85. The molecule has 0 saturated carbocycles. The van der Waals surface area contributed by atoms with Crippen molar-refractivity contribution >= 4 is 40.7 Å². The van der Waals surface area contributed by atoms with E-state index in [2.05, 4.69) is 15.4 Å². The summed E-state index contributed by atoms with van der Waals surface area (Å²) in [7, 11) is 1.56. The lowest BCUT2D eigenvalue weighted by Gasteiger charge is -2.08. The van der Waals surface area contributed by atoms with Gasteiger partial charge in [0.25, 0.3) is 11.6 Å². The number of aromatic nitrogens is 3. The molecule has 0 radical (unpaired) electrons. The minimum absolute atomic E-state index is 0.0306. The zero-order chi connectivity index (χ0) is 24.2. The first-order valence-corrected chi connectivity index (χ1v) is 10.7. The van der Waals surface area contributed by atoms with Crippen LogP contribution in [-0.4, -0.2) is 32.7 Å². The first-order valence-electron chi connectivity index (χ1n) is 9.95. The molecule has 4 aromatic rings. The molecule has 11 heteroatoms. The van der Waals surface area contributed by atoms with E-state index in [4.69, 9.17) is 27.9 Å². The Morgan fingerprint density at radius 3 is 2.50 bits per heavy atom. The van der Waals surface area contributed by atoms with Gasteiger partial charge in [-0.1, -0.05) is 41.4 Å². The van der Waals surface area contributed by atoms with Gasteiger partial charge in [-0.15, -0.1) is 5.10 Å². The summed E-state index contributed by atoms with van der Waals surface area (Å²) in [6, 6.07) is 18.1. The molecule has 0 amide bonds. The van der Waals surface area contributed by atoms with Crippen molar-refractivity contribution in [1.29, 1.82) is 0 Å². The highest BCUT2D eigenvalue weighted by Gasteiger charge is 2.22. The van der Waals surface area contributed by atoms with Crippen molar-refractivity contribution in [1.82, 2.24) is 14.8 Å². The van der Waals surface area contributed by atoms with E-state index in [-0.39, 0.29) is 34.6 Å². The molecule has 0 spiro atoms. The largest absolute Gasteiger partial charge is 0.497 e. The Morgan fingerprint density at radius 2 is 1.82 bits per heavy atom. The zero-order valence-electron chi connectivity index (χ0n) is 17.7. The molecule has 9 nitrogen and oxygen atoms in total. The number of halogens is 2. The van der Waals surface area contributed by atoms with E-state index >= 15 is 0 Å². The van der Waals surface area contributed by atoms with Gasteiger partial charge in [-0.2, -0.15) is 9.67 Å². The average molecular weight is 498 g/mol. The normalized spacial score (nSPS) is 10.7. The number of hydrogen-bond acceptors (Lipinski definition) is 7. The van der Waals surface area contributed by atoms with Gasteiger partial charge in [0.05, 0.1) is 12.0 Å². The Balaban J connectivity index is 1.73. The van der Waals surface area contributed by atoms with Gasteiger partial charge in [-0.25, -0.2) is 0 Å². The van der Waals surface area contributed by atoms with E-state index < -0.39 is 10.8 Å². The summed E-state index contributed by atoms with van der Waals surface area (Å²) >= 11 is 12.1. The van der Waals surface area contributed by atoms with Gasteiger partial charge in [0.1, 0.15) is 10.8 Å². The summed E-state index contributed by atoms with van der Waals surface area (Å²) in [6.45, 7) is 0.272. The van der Waals surface area contributed by atoms with Crippen molar-refractivity contribution < 1.29 is 14.5 Å². The van der Waals surface area contributed by atoms with Gasteiger partial charge in [-0.05, 0) is 48.0 Å². The number of carbonyl (C=O) groups excluding carboxylic acids is 1. The molecule has 0 fully saturated rings. The fourth-order valence-corrected chi connectivity index (χ4v) is 3.54. The maximum absolute atomic E-state index is 13.3. The predicted molar refractivity (Wildman–Crippen MR) is 129 cm³/mol. The van der Waals surface area contributed by atoms with Crippen LogP contribution in [0.15, 0.2) is 66.7 Å². The number of rotatable bonds is 7. The molecular weight excluding hydrogens is 481 g/mol. The van der Waals surface area contributed by atoms with E-state index in [0.717, 1.165) is 16.3 Å². The van der Waals surface area contributed by atoms with Crippen molar-refractivity contribution in [2.75, 3.05) is 12.4 Å². The molecule has 0 aliphatic rings. The molecule has 0 aliphatic carbocycles. The molecule has 0 unspecified atom stereocenters. The number of nitrogens with one attached hydrogen (secondary N) is 1. The molecule has 1 N–H and O–H groups in total. The molecule has 0 atom stereocenters. The number of hydrogen-bond donors (Lipinski definition) is 1. The van der Waals surface area contributed by atoms with E-state index in [0.29, 0.717) is 16.3 Å². The Hall–Kier alpha value is -3.95. The smallest absolute Gasteiger partial charge is 0.288 e. The number of nitrogens with zero attached hydrogens (tertiary/aromatic N) is 4. The van der Waals surface area contributed by atoms with Gasteiger partial charge in [-0.3, -0.25) is 14.9 Å². The van der Waals surface area contributed by atoms with Gasteiger partial charge in [0.2, 0.25) is 5.95 Å². The molecule has 3 aromatic carbocycles. The second kappa shape index (κ2) is 9.90. The second-order valence-corrected chi connectivity index (χ2v) is 7.89. The lowest BCUT2D eigenvalue weighted by Crippen LogP contribution is -2.18. The molecule has 0 aliphatic heterocycles. The first kappa shape index (κ1) is 23.2. The predicted octanol–water partition coefficient (Wildman–Crippen LogP) is 5.47. The van der Waals surface area contributed by atoms with Crippen LogP contribution >= 0.6 is 23.2 Å². The van der Waals surface area contributed by atoms with Crippen molar-refractivity contribution in [2.24, 2.45) is 0 Å². The van der Waals surface area contributed by atoms with Crippen LogP contribution in [0.2, 0.25) is 10.0 Å². The zero-order valence-corrected chi connectivity index (χ0v) is 19.2. The van der Waals surface area contributed by atoms with Crippen LogP contribution in [0.4, 0.5) is 11.6 Å². The van der Waals surface area contributed by atoms with Crippen LogP contribution in [0.5, 0.6) is 5.75 Å². The number of nitro benzene ring substituents is 1. The van der Waals surface area contributed by atoms with E-state index in [1.54, 1.807) is 37.4 Å². The maximum Gasteiger partial charge on any atom is 0.288 e. The topological polar surface area (TPSA) is 112 Å². The number of nitro groups is 1. The summed E-state index contributed by atoms with van der Waals surface area (Å²) in [6.07, 6.45) is 0. The monoisotopic (exact) mass is 497 g/mol. The lowest BCUT2D eigenvalue weighted by atomic mass is 10.2. The maximum atomic E-state index is 13.3. The molecule has 0 bridgehead atoms. The quantitative estimate of drug-likeness (QED) is 0.266. The van der Waals surface area contributed by atoms with Crippen LogP contribution in [0.1, 0.15) is 15.9 Å². The van der Waals surface area contributed by atoms with Crippen LogP contribution in [0.25, 0.3) is 11.4 Å². The van der Waals surface area contributed by atoms with E-state index in [1.807, 2.05) is 18.2 Å². The highest BCUT2D eigenvalue weighted by Crippen LogP contribution is 2.27. The fourth-order valence-electron chi connectivity index (χ4n) is 3.15. The van der Waals surface area contributed by atoms with Gasteiger partial charge >= 0.3 is 0 Å². The van der Waals surface area contributed by atoms with E-state index in [9.17, 15) is 14.9 Å². The summed E-state index contributed by atoms with van der Waals surface area (Å²) < 4.78 is 6.24. The van der Waals surface area contributed by atoms with Gasteiger partial charge in [0, 0.05) is 28.8 Å². The van der Waals surface area contributed by atoms with Crippen LogP contribution < -0.4 is 10.1 Å². The molecule has 172 valence electrons. The minimum atomic E-state index is -0.653. The Labute approximate surface area is 204 Å². The molecule has 0 saturated heterocycles. The molecule has 1 heterocycles. The van der Waals surface area contributed by atoms with Crippen molar-refractivity contribution in [3.63, 3.8) is 0 Å². The number of carbonyl (C=O) groups is 1. The molecule has 4 rings (SSSR count). The Morgan fingerprint density at radius 1 is 1.09 bits per heavy atom. The van der Waals surface area contributed by atoms with E-state index in [1.165, 1.54) is 12.1 Å². The number of methoxy groups -OCH3 is 1. The number of anilines is 1. The molecular formula is C23H17Cl2N5O4. The minimum Gasteiger partial charge on any atom is -0.497 e. The summed E-state index contributed by atoms with van der Waals surface area (Å²) in [5.41, 5.74) is 1.09. The van der Waals surface area contributed by atoms with Crippen LogP contribution in [0.3, 0.4) is 0 Å². The summed E-state index contributed by atoms with van der Waals surface area (Å²) in [4.78, 5) is 28.4. The lowest BCUT2D eigenvalue weighted by molar-refractivity contribution is -0.384. The number of benzene rings is 3. The highest BCUT2D eigenvalue weighted by atomic mass is 35.5. The first-order chi connectivity index (χ1) is 16.4. The SMILES string of the molecule is COc1ccc(-c2nc(NCc3ccccc3Cl)n(C(=O)c3ccc(Cl)c([N+](=O)[O-])c3)n2)cc1. The Bertz CT molecular complexity index is 1370. The van der Waals surface area contributed by atoms with Crippen LogP contribution in [0, 0.1) is 10.1 Å². The van der Waals surface area contributed by atoms with Crippen molar-refractivity contribution in [3.05, 3.63) is 98.0 Å². The second-order valence-electron chi connectivity index (χ2n) is 7.07.